The van der Waals surface area contributed by atoms with Crippen LogP contribution in [-0.2, 0) is 0 Å². The van der Waals surface area contributed by atoms with Gasteiger partial charge in [0.15, 0.2) is 0 Å². The third-order valence-corrected chi connectivity index (χ3v) is 2.63. The summed E-state index contributed by atoms with van der Waals surface area (Å²) in [6.45, 7) is 10.3. The molecule has 0 amide bonds. The zero-order valence-corrected chi connectivity index (χ0v) is 10.4. The van der Waals surface area contributed by atoms with Crippen molar-refractivity contribution in [3.05, 3.63) is 60.1 Å². The molecule has 0 radical (unpaired) electrons. The second kappa shape index (κ2) is 6.89. The van der Waals surface area contributed by atoms with E-state index in [4.69, 9.17) is 0 Å². The molecule has 0 aliphatic heterocycles. The molecule has 0 aromatic rings. The molecule has 1 aliphatic rings. The molecule has 1 rings (SSSR count). The maximum Gasteiger partial charge on any atom is 0.116 e. The second-order valence-corrected chi connectivity index (χ2v) is 4.12. The molecule has 1 aliphatic carbocycles. The summed E-state index contributed by atoms with van der Waals surface area (Å²) in [6, 6.07) is 0. The Balaban J connectivity index is 2.57. The molecular formula is C15H20FN. The van der Waals surface area contributed by atoms with Gasteiger partial charge >= 0.3 is 0 Å². The van der Waals surface area contributed by atoms with Crippen LogP contribution in [0, 0.1) is 0 Å². The van der Waals surface area contributed by atoms with Crippen LogP contribution < -0.4 is 5.32 Å². The van der Waals surface area contributed by atoms with Gasteiger partial charge < -0.3 is 5.32 Å². The monoisotopic (exact) mass is 233 g/mol. The van der Waals surface area contributed by atoms with E-state index in [-0.39, 0.29) is 0 Å². The van der Waals surface area contributed by atoms with Gasteiger partial charge in [0.25, 0.3) is 0 Å². The molecule has 0 aromatic heterocycles. The molecule has 1 N–H and O–H groups in total. The molecule has 17 heavy (non-hydrogen) atoms. The zero-order chi connectivity index (χ0) is 12.7. The van der Waals surface area contributed by atoms with E-state index in [2.05, 4.69) is 37.6 Å². The van der Waals surface area contributed by atoms with Gasteiger partial charge in [-0.25, -0.2) is 4.39 Å². The molecule has 2 heteroatoms. The van der Waals surface area contributed by atoms with Gasteiger partial charge in [-0.1, -0.05) is 32.2 Å². The van der Waals surface area contributed by atoms with E-state index in [1.807, 2.05) is 0 Å². The van der Waals surface area contributed by atoms with Gasteiger partial charge in [0.05, 0.1) is 0 Å². The van der Waals surface area contributed by atoms with Crippen molar-refractivity contribution < 1.29 is 4.39 Å². The molecule has 0 spiro atoms. The third-order valence-electron chi connectivity index (χ3n) is 2.63. The van der Waals surface area contributed by atoms with E-state index in [1.165, 1.54) is 11.8 Å². The number of hydrogen-bond donors (Lipinski definition) is 1. The summed E-state index contributed by atoms with van der Waals surface area (Å²) in [5.74, 6) is -0.441. The fraction of sp³-hybridized carbons (Fsp3) is 0.333. The Morgan fingerprint density at radius 3 is 2.65 bits per heavy atom. The predicted molar refractivity (Wildman–Crippen MR) is 72.2 cm³/mol. The topological polar surface area (TPSA) is 12.0 Å². The van der Waals surface area contributed by atoms with Crippen molar-refractivity contribution in [2.24, 2.45) is 0 Å². The van der Waals surface area contributed by atoms with Crippen LogP contribution in [-0.4, -0.2) is 6.54 Å². The summed E-state index contributed by atoms with van der Waals surface area (Å²) in [7, 11) is 0. The maximum atomic E-state index is 12.5. The van der Waals surface area contributed by atoms with Gasteiger partial charge in [-0.3, -0.25) is 0 Å². The molecular weight excluding hydrogens is 213 g/mol. The fourth-order valence-electron chi connectivity index (χ4n) is 1.64. The van der Waals surface area contributed by atoms with E-state index < -0.39 is 5.83 Å². The zero-order valence-electron chi connectivity index (χ0n) is 10.4. The molecule has 0 saturated carbocycles. The lowest BCUT2D eigenvalue weighted by atomic mass is 9.96. The van der Waals surface area contributed by atoms with Crippen LogP contribution in [0.2, 0.25) is 0 Å². The normalized spacial score (nSPS) is 15.4. The Hall–Kier alpha value is -1.57. The second-order valence-electron chi connectivity index (χ2n) is 4.12. The number of nitrogens with one attached hydrogen (secondary N) is 1. The maximum absolute atomic E-state index is 12.5. The van der Waals surface area contributed by atoms with Crippen LogP contribution in [0.1, 0.15) is 26.2 Å². The largest absolute Gasteiger partial charge is 0.388 e. The van der Waals surface area contributed by atoms with Crippen molar-refractivity contribution >= 4 is 0 Å². The molecule has 92 valence electrons. The molecule has 1 nitrogen and oxygen atoms in total. The van der Waals surface area contributed by atoms with E-state index in [0.717, 1.165) is 37.0 Å². The smallest absolute Gasteiger partial charge is 0.116 e. The SMILES string of the molecule is C=C(F)/C=C\C(=C)C1=CC=C(NCCC)CC1. The predicted octanol–water partition coefficient (Wildman–Crippen LogP) is 4.19. The first-order valence-corrected chi connectivity index (χ1v) is 5.99. The van der Waals surface area contributed by atoms with E-state index >= 15 is 0 Å². The molecule has 0 bridgehead atoms. The standard InChI is InChI=1S/C15H20FN/c1-4-11-17-15-9-7-14(8-10-15)12(2)5-6-13(3)16/h5-7,9,17H,2-4,8,10-11H2,1H3/b6-5-. The minimum absolute atomic E-state index is 0.441. The van der Waals surface area contributed by atoms with Crippen molar-refractivity contribution in [3.63, 3.8) is 0 Å². The van der Waals surface area contributed by atoms with E-state index in [9.17, 15) is 4.39 Å². The van der Waals surface area contributed by atoms with Gasteiger partial charge in [-0.2, -0.15) is 0 Å². The lowest BCUT2D eigenvalue weighted by Crippen LogP contribution is -2.15. The van der Waals surface area contributed by atoms with E-state index in [0.29, 0.717) is 0 Å². The van der Waals surface area contributed by atoms with Gasteiger partial charge in [0.1, 0.15) is 5.83 Å². The summed E-state index contributed by atoms with van der Waals surface area (Å²) >= 11 is 0. The van der Waals surface area contributed by atoms with Crippen molar-refractivity contribution in [1.82, 2.24) is 5.32 Å². The van der Waals surface area contributed by atoms with Crippen molar-refractivity contribution in [1.29, 1.82) is 0 Å². The van der Waals surface area contributed by atoms with Gasteiger partial charge in [0.2, 0.25) is 0 Å². The van der Waals surface area contributed by atoms with E-state index in [1.54, 1.807) is 6.08 Å². The van der Waals surface area contributed by atoms with Crippen LogP contribution in [0.4, 0.5) is 4.39 Å². The first-order chi connectivity index (χ1) is 8.13. The quantitative estimate of drug-likeness (QED) is 0.678. The minimum Gasteiger partial charge on any atom is -0.388 e. The van der Waals surface area contributed by atoms with Gasteiger partial charge in [0, 0.05) is 12.2 Å². The number of hydrogen-bond acceptors (Lipinski definition) is 1. The molecule has 0 atom stereocenters. The highest BCUT2D eigenvalue weighted by molar-refractivity contribution is 5.43. The third kappa shape index (κ3) is 4.85. The van der Waals surface area contributed by atoms with Crippen molar-refractivity contribution in [2.45, 2.75) is 26.2 Å². The van der Waals surface area contributed by atoms with Crippen LogP contribution in [0.5, 0.6) is 0 Å². The lowest BCUT2D eigenvalue weighted by molar-refractivity contribution is 0.671. The Bertz CT molecular complexity index is 386. The fourth-order valence-corrected chi connectivity index (χ4v) is 1.64. The Morgan fingerprint density at radius 2 is 2.12 bits per heavy atom. The van der Waals surface area contributed by atoms with Crippen molar-refractivity contribution in [3.8, 4) is 0 Å². The average molecular weight is 233 g/mol. The Labute approximate surface area is 103 Å². The average Bonchev–Trinajstić information content (AvgIpc) is 2.34. The molecule has 0 unspecified atom stereocenters. The van der Waals surface area contributed by atoms with Crippen LogP contribution >= 0.6 is 0 Å². The number of rotatable bonds is 6. The summed E-state index contributed by atoms with van der Waals surface area (Å²) < 4.78 is 12.5. The molecule has 0 heterocycles. The van der Waals surface area contributed by atoms with Crippen molar-refractivity contribution in [2.75, 3.05) is 6.54 Å². The summed E-state index contributed by atoms with van der Waals surface area (Å²) in [4.78, 5) is 0. The highest BCUT2D eigenvalue weighted by Gasteiger charge is 2.07. The van der Waals surface area contributed by atoms with Crippen LogP contribution in [0.3, 0.4) is 0 Å². The first kappa shape index (κ1) is 13.5. The highest BCUT2D eigenvalue weighted by Crippen LogP contribution is 2.23. The highest BCUT2D eigenvalue weighted by atomic mass is 19.1. The molecule has 0 fully saturated rings. The summed E-state index contributed by atoms with van der Waals surface area (Å²) in [5, 5.41) is 3.38. The molecule has 0 saturated heterocycles. The number of halogens is 1. The Morgan fingerprint density at radius 1 is 1.35 bits per heavy atom. The van der Waals surface area contributed by atoms with Crippen LogP contribution in [0.15, 0.2) is 60.1 Å². The summed E-state index contributed by atoms with van der Waals surface area (Å²) in [6.07, 6.45) is 10.2. The van der Waals surface area contributed by atoms with Crippen LogP contribution in [0.25, 0.3) is 0 Å². The lowest BCUT2D eigenvalue weighted by Gasteiger charge is -2.16. The van der Waals surface area contributed by atoms with Gasteiger partial charge in [-0.15, -0.1) is 0 Å². The molecule has 0 aromatic carbocycles. The minimum atomic E-state index is -0.441. The number of allylic oxidation sites excluding steroid dienone is 8. The Kier molecular flexibility index (Phi) is 5.47. The van der Waals surface area contributed by atoms with Gasteiger partial charge in [-0.05, 0) is 42.6 Å². The summed E-state index contributed by atoms with van der Waals surface area (Å²) in [5.41, 5.74) is 3.28. The first-order valence-electron chi connectivity index (χ1n) is 5.99.